The Morgan fingerprint density at radius 2 is 1.09 bits per heavy atom. The minimum absolute atomic E-state index is 0. The van der Waals surface area contributed by atoms with E-state index in [1.54, 1.807) is 0 Å². The highest BCUT2D eigenvalue weighted by molar-refractivity contribution is 5.91. The zero-order valence-corrected chi connectivity index (χ0v) is 22.4. The largest absolute Gasteiger partial charge is 0.370 e. The first-order chi connectivity index (χ1) is 16.0. The van der Waals surface area contributed by atoms with Gasteiger partial charge in [0.1, 0.15) is 0 Å². The molecule has 0 atom stereocenters. The van der Waals surface area contributed by atoms with Crippen LogP contribution < -0.4 is 17.6 Å². The number of carbonyl (C=O) groups is 1. The number of hydrogen-bond acceptors (Lipinski definition) is 4. The van der Waals surface area contributed by atoms with Crippen LogP contribution >= 0.6 is 0 Å². The maximum atomic E-state index is 12.2. The van der Waals surface area contributed by atoms with E-state index in [2.05, 4.69) is 18.8 Å². The van der Waals surface area contributed by atoms with Crippen LogP contribution in [0.1, 0.15) is 142 Å². The normalized spacial score (nSPS) is 10.4. The second-order valence-corrected chi connectivity index (χ2v) is 9.19. The number of guanidine groups is 2. The first-order valence-electron chi connectivity index (χ1n) is 13.7. The Kier molecular flexibility index (Phi) is 26.0. The summed E-state index contributed by atoms with van der Waals surface area (Å²) in [5.41, 5.74) is 10.7. The van der Waals surface area contributed by atoms with E-state index in [4.69, 9.17) is 21.7 Å². The quantitative estimate of drug-likeness (QED) is 0.0597. The molecule has 0 saturated carbocycles. The fraction of sp³-hybridized carbons (Fsp3) is 0.885. The molecule has 0 aromatic carbocycles. The van der Waals surface area contributed by atoms with Crippen LogP contribution in [0.25, 0.3) is 0 Å². The molecule has 0 rings (SSSR count). The van der Waals surface area contributed by atoms with E-state index in [-0.39, 0.29) is 24.0 Å². The van der Waals surface area contributed by atoms with E-state index < -0.39 is 0 Å². The predicted molar refractivity (Wildman–Crippen MR) is 145 cm³/mol. The monoisotopic (exact) mass is 484 g/mol. The van der Waals surface area contributed by atoms with Crippen LogP contribution in [0.4, 0.5) is 0 Å². The number of carbonyl (C=O) groups excluding carboxylic acids is 1. The van der Waals surface area contributed by atoms with Gasteiger partial charge in [0.05, 0.1) is 6.54 Å². The van der Waals surface area contributed by atoms with Gasteiger partial charge in [0.25, 0.3) is 5.96 Å². The number of nitrogens with two attached hydrogens (primary N) is 2. The van der Waals surface area contributed by atoms with Gasteiger partial charge < -0.3 is 22.5 Å². The van der Waals surface area contributed by atoms with Crippen molar-refractivity contribution in [3.8, 4) is 0 Å². The molecule has 0 spiro atoms. The third-order valence-corrected chi connectivity index (χ3v) is 5.88. The molecule has 0 fully saturated rings. The molecule has 8 heteroatoms. The average molecular weight is 485 g/mol. The van der Waals surface area contributed by atoms with Gasteiger partial charge in [-0.15, -0.1) is 0 Å². The first kappa shape index (κ1) is 34.3. The molecule has 202 valence electrons. The molecule has 0 aliphatic heterocycles. The number of hydrogen-bond donors (Lipinski definition) is 4. The van der Waals surface area contributed by atoms with Crippen LogP contribution in [0.15, 0.2) is 4.99 Å². The molecular formula is C26H56N6O2. The van der Waals surface area contributed by atoms with Crippen LogP contribution in [0.3, 0.4) is 0 Å². The van der Waals surface area contributed by atoms with Gasteiger partial charge in [-0.05, 0) is 12.8 Å². The Morgan fingerprint density at radius 3 is 1.50 bits per heavy atom. The fourth-order valence-electron chi connectivity index (χ4n) is 3.86. The zero-order chi connectivity index (χ0) is 24.6. The molecule has 0 heterocycles. The molecule has 8 nitrogen and oxygen atoms in total. The summed E-state index contributed by atoms with van der Waals surface area (Å²) < 4.78 is 0. The molecule has 0 amide bonds. The average Bonchev–Trinajstić information content (AvgIpc) is 2.78. The van der Waals surface area contributed by atoms with Crippen molar-refractivity contribution in [1.29, 1.82) is 5.41 Å². The van der Waals surface area contributed by atoms with Crippen LogP contribution in [0.2, 0.25) is 0 Å². The third-order valence-electron chi connectivity index (χ3n) is 5.88. The van der Waals surface area contributed by atoms with E-state index in [0.717, 1.165) is 44.9 Å². The van der Waals surface area contributed by atoms with Gasteiger partial charge in [0, 0.05) is 6.42 Å². The van der Waals surface area contributed by atoms with Crippen molar-refractivity contribution in [2.45, 2.75) is 142 Å². The Hall–Kier alpha value is -1.83. The summed E-state index contributed by atoms with van der Waals surface area (Å²) >= 11 is 0. The van der Waals surface area contributed by atoms with E-state index in [0.29, 0.717) is 13.0 Å². The summed E-state index contributed by atoms with van der Waals surface area (Å²) in [6.07, 6.45) is 23.8. The highest BCUT2D eigenvalue weighted by Crippen LogP contribution is 2.14. The molecule has 0 aliphatic carbocycles. The molecule has 8 N–H and O–H groups in total. The summed E-state index contributed by atoms with van der Waals surface area (Å²) in [5.74, 6) is -0.760. The Balaban J connectivity index is 0. The van der Waals surface area contributed by atoms with Gasteiger partial charge in [-0.3, -0.25) is 5.41 Å². The Labute approximate surface area is 209 Å². The lowest BCUT2D eigenvalue weighted by Crippen LogP contribution is -2.35. The molecule has 0 bridgehead atoms. The fourth-order valence-corrected chi connectivity index (χ4v) is 3.86. The van der Waals surface area contributed by atoms with Gasteiger partial charge in [0.2, 0.25) is 0 Å². The van der Waals surface area contributed by atoms with E-state index in [1.807, 2.05) is 0 Å². The molecule has 0 aromatic heterocycles. The maximum Gasteiger partial charge on any atom is 0.332 e. The second kappa shape index (κ2) is 25.8. The minimum Gasteiger partial charge on any atom is -0.370 e. The highest BCUT2D eigenvalue weighted by Gasteiger charge is 2.15. The molecule has 34 heavy (non-hydrogen) atoms. The Morgan fingerprint density at radius 1 is 0.706 bits per heavy atom. The molecule has 0 aliphatic rings. The number of aliphatic imine (C=N–C) groups is 1. The van der Waals surface area contributed by atoms with Gasteiger partial charge in [-0.2, -0.15) is 10.1 Å². The van der Waals surface area contributed by atoms with Crippen LogP contribution in [-0.2, 0) is 9.63 Å². The highest BCUT2D eigenvalue weighted by atomic mass is 16.7. The van der Waals surface area contributed by atoms with Crippen molar-refractivity contribution in [1.82, 2.24) is 11.2 Å². The first-order valence-corrected chi connectivity index (χ1v) is 13.7. The maximum absolute atomic E-state index is 12.2. The van der Waals surface area contributed by atoms with Crippen molar-refractivity contribution in [2.75, 3.05) is 6.54 Å². The number of nitrogens with zero attached hydrogens (tertiary/aromatic N) is 2. The van der Waals surface area contributed by atoms with Crippen LogP contribution in [0, 0.1) is 5.41 Å². The van der Waals surface area contributed by atoms with Crippen LogP contribution in [0.5, 0.6) is 0 Å². The lowest BCUT2D eigenvalue weighted by Gasteiger charge is -2.21. The van der Waals surface area contributed by atoms with E-state index >= 15 is 0 Å². The summed E-state index contributed by atoms with van der Waals surface area (Å²) in [4.78, 5) is 21.3. The Bertz CT molecular complexity index is 510. The lowest BCUT2D eigenvalue weighted by molar-refractivity contribution is -0.173. The van der Waals surface area contributed by atoms with E-state index in [1.165, 1.54) is 82.1 Å². The van der Waals surface area contributed by atoms with Gasteiger partial charge in [-0.1, -0.05) is 123 Å². The number of unbranched alkanes of at least 4 members (excludes halogenated alkanes) is 17. The summed E-state index contributed by atoms with van der Waals surface area (Å²) in [6, 6.07) is 0. The van der Waals surface area contributed by atoms with Gasteiger partial charge in [0.15, 0.2) is 5.96 Å². The topological polar surface area (TPSA) is 153 Å². The van der Waals surface area contributed by atoms with Crippen molar-refractivity contribution < 1.29 is 9.63 Å². The summed E-state index contributed by atoms with van der Waals surface area (Å²) in [6.45, 7) is 4.83. The van der Waals surface area contributed by atoms with Crippen molar-refractivity contribution in [2.24, 2.45) is 16.5 Å². The van der Waals surface area contributed by atoms with Gasteiger partial charge >= 0.3 is 5.97 Å². The standard InChI is InChI=1S/C26H53N5O2.H3N/c1-3-5-7-9-10-11-12-13-14-15-16-17-18-19-20-22-24(32)33-31(23-21-8-6-4-2)26(29)30-25(27)28;/h3-23H2,1-2H3,(H5,27,28,29,30);1H3. The molecule has 0 aromatic rings. The second-order valence-electron chi connectivity index (χ2n) is 9.19. The lowest BCUT2D eigenvalue weighted by atomic mass is 10.0. The number of nitrogens with one attached hydrogen (secondary N) is 1. The SMILES string of the molecule is CCCCCCCCCCCCCCCCCC(=O)ON(CCCCCC)C(=N)N=C(N)N.N. The zero-order valence-electron chi connectivity index (χ0n) is 22.4. The smallest absolute Gasteiger partial charge is 0.332 e. The summed E-state index contributed by atoms with van der Waals surface area (Å²) in [5, 5.41) is 9.16. The third kappa shape index (κ3) is 23.3. The van der Waals surface area contributed by atoms with Crippen molar-refractivity contribution in [3.63, 3.8) is 0 Å². The van der Waals surface area contributed by atoms with Gasteiger partial charge in [-0.25, -0.2) is 4.79 Å². The van der Waals surface area contributed by atoms with Crippen molar-refractivity contribution in [3.05, 3.63) is 0 Å². The molecule has 0 saturated heterocycles. The summed E-state index contributed by atoms with van der Waals surface area (Å²) in [7, 11) is 0. The molecule has 0 unspecified atom stereocenters. The van der Waals surface area contributed by atoms with Crippen molar-refractivity contribution >= 4 is 17.9 Å². The predicted octanol–water partition coefficient (Wildman–Crippen LogP) is 6.96. The molecule has 0 radical (unpaired) electrons. The number of rotatable bonds is 21. The molecular weight excluding hydrogens is 428 g/mol. The van der Waals surface area contributed by atoms with Crippen LogP contribution in [-0.4, -0.2) is 29.5 Å². The minimum atomic E-state index is -0.323. The van der Waals surface area contributed by atoms with E-state index in [9.17, 15) is 4.79 Å². The number of hydroxylamine groups is 2.